The van der Waals surface area contributed by atoms with Gasteiger partial charge in [-0.1, -0.05) is 6.92 Å². The van der Waals surface area contributed by atoms with E-state index in [1.54, 1.807) is 4.90 Å². The number of amides is 2. The van der Waals surface area contributed by atoms with Crippen LogP contribution in [0, 0.1) is 0 Å². The Morgan fingerprint density at radius 2 is 1.71 bits per heavy atom. The zero-order chi connectivity index (χ0) is 12.7. The molecule has 1 fully saturated rings. The van der Waals surface area contributed by atoms with Crippen LogP contribution in [0.5, 0.6) is 0 Å². The van der Waals surface area contributed by atoms with E-state index in [1.165, 1.54) is 4.90 Å². The molecule has 0 spiro atoms. The number of carbonyl (C=O) groups is 2. The van der Waals surface area contributed by atoms with Crippen LogP contribution < -0.4 is 0 Å². The quantitative estimate of drug-likeness (QED) is 0.588. The summed E-state index contributed by atoms with van der Waals surface area (Å²) in [5.74, 6) is -0.0424. The second-order valence-corrected chi connectivity index (χ2v) is 3.97. The minimum Gasteiger partial charge on any atom is -0.394 e. The lowest BCUT2D eigenvalue weighted by atomic mass is 10.2. The average Bonchev–Trinajstić information content (AvgIpc) is 2.30. The lowest BCUT2D eigenvalue weighted by Crippen LogP contribution is -2.54. The first-order valence-electron chi connectivity index (χ1n) is 5.93. The van der Waals surface area contributed by atoms with E-state index in [1.807, 2.05) is 6.92 Å². The molecule has 0 bridgehead atoms. The molecule has 1 aliphatic rings. The maximum absolute atomic E-state index is 11.7. The Hall–Kier alpha value is -1.14. The maximum Gasteiger partial charge on any atom is 0.242 e. The number of ether oxygens (including phenoxy) is 1. The third-order valence-corrected chi connectivity index (χ3v) is 2.59. The van der Waals surface area contributed by atoms with Crippen molar-refractivity contribution >= 4 is 11.8 Å². The van der Waals surface area contributed by atoms with Crippen LogP contribution in [0.3, 0.4) is 0 Å². The Morgan fingerprint density at radius 1 is 1.12 bits per heavy atom. The first-order valence-corrected chi connectivity index (χ1v) is 5.93. The third kappa shape index (κ3) is 4.32. The third-order valence-electron chi connectivity index (χ3n) is 2.59. The van der Waals surface area contributed by atoms with Crippen molar-refractivity contribution in [3.63, 3.8) is 0 Å². The van der Waals surface area contributed by atoms with Crippen molar-refractivity contribution in [2.24, 2.45) is 0 Å². The van der Waals surface area contributed by atoms with E-state index < -0.39 is 0 Å². The number of piperazine rings is 1. The predicted octanol–water partition coefficient (Wildman–Crippen LogP) is -0.924. The predicted molar refractivity (Wildman–Crippen MR) is 61.4 cm³/mol. The van der Waals surface area contributed by atoms with E-state index in [0.29, 0.717) is 19.7 Å². The summed E-state index contributed by atoms with van der Waals surface area (Å²) in [5.41, 5.74) is 0. The number of carbonyl (C=O) groups excluding carboxylic acids is 2. The zero-order valence-electron chi connectivity index (χ0n) is 10.2. The van der Waals surface area contributed by atoms with Crippen molar-refractivity contribution in [3.8, 4) is 0 Å². The van der Waals surface area contributed by atoms with Gasteiger partial charge < -0.3 is 19.6 Å². The molecule has 1 heterocycles. The van der Waals surface area contributed by atoms with Crippen LogP contribution in [-0.2, 0) is 14.3 Å². The first-order chi connectivity index (χ1) is 8.19. The topological polar surface area (TPSA) is 70.1 Å². The van der Waals surface area contributed by atoms with Crippen molar-refractivity contribution < 1.29 is 19.4 Å². The van der Waals surface area contributed by atoms with Crippen molar-refractivity contribution in [1.82, 2.24) is 9.80 Å². The molecular weight excluding hydrogens is 224 g/mol. The Labute approximate surface area is 101 Å². The monoisotopic (exact) mass is 244 g/mol. The van der Waals surface area contributed by atoms with Gasteiger partial charge in [-0.3, -0.25) is 9.59 Å². The standard InChI is InChI=1S/C11H20N2O4/c1-2-3-12-8-11(16)13(9-10(12)15)4-6-17-7-5-14/h14H,2-9H2,1H3. The Morgan fingerprint density at radius 3 is 2.24 bits per heavy atom. The van der Waals surface area contributed by atoms with Gasteiger partial charge in [-0.2, -0.15) is 0 Å². The van der Waals surface area contributed by atoms with Crippen LogP contribution in [0.2, 0.25) is 0 Å². The minimum atomic E-state index is -0.0364. The molecule has 2 amide bonds. The molecule has 1 saturated heterocycles. The summed E-state index contributed by atoms with van der Waals surface area (Å²) in [5, 5.41) is 8.52. The molecular formula is C11H20N2O4. The molecule has 0 aromatic carbocycles. The van der Waals surface area contributed by atoms with Crippen LogP contribution in [0.25, 0.3) is 0 Å². The van der Waals surface area contributed by atoms with E-state index in [4.69, 9.17) is 9.84 Å². The molecule has 98 valence electrons. The summed E-state index contributed by atoms with van der Waals surface area (Å²) >= 11 is 0. The average molecular weight is 244 g/mol. The molecule has 0 unspecified atom stereocenters. The van der Waals surface area contributed by atoms with Gasteiger partial charge in [0.1, 0.15) is 0 Å². The fourth-order valence-corrected chi connectivity index (χ4v) is 1.72. The molecule has 1 aliphatic heterocycles. The lowest BCUT2D eigenvalue weighted by molar-refractivity contribution is -0.150. The molecule has 6 heteroatoms. The highest BCUT2D eigenvalue weighted by Crippen LogP contribution is 2.05. The number of aliphatic hydroxyl groups is 1. The fraction of sp³-hybridized carbons (Fsp3) is 0.818. The molecule has 1 N–H and O–H groups in total. The summed E-state index contributed by atoms with van der Waals surface area (Å²) in [6, 6.07) is 0. The normalized spacial score (nSPS) is 16.8. The van der Waals surface area contributed by atoms with Crippen molar-refractivity contribution in [1.29, 1.82) is 0 Å². The molecule has 17 heavy (non-hydrogen) atoms. The lowest BCUT2D eigenvalue weighted by Gasteiger charge is -2.33. The molecule has 0 atom stereocenters. The number of hydrogen-bond acceptors (Lipinski definition) is 4. The van der Waals surface area contributed by atoms with Gasteiger partial charge in [0.05, 0.1) is 32.9 Å². The highest BCUT2D eigenvalue weighted by molar-refractivity contribution is 5.92. The first kappa shape index (κ1) is 13.9. The Kier molecular flexibility index (Phi) is 5.93. The molecule has 0 aliphatic carbocycles. The second kappa shape index (κ2) is 7.24. The summed E-state index contributed by atoms with van der Waals surface area (Å²) < 4.78 is 5.07. The molecule has 0 aromatic heterocycles. The van der Waals surface area contributed by atoms with E-state index in [9.17, 15) is 9.59 Å². The van der Waals surface area contributed by atoms with Crippen LogP contribution >= 0.6 is 0 Å². The van der Waals surface area contributed by atoms with Crippen LogP contribution in [0.1, 0.15) is 13.3 Å². The van der Waals surface area contributed by atoms with E-state index >= 15 is 0 Å². The zero-order valence-corrected chi connectivity index (χ0v) is 10.2. The van der Waals surface area contributed by atoms with E-state index in [-0.39, 0.29) is 38.1 Å². The van der Waals surface area contributed by atoms with Crippen LogP contribution in [0.15, 0.2) is 0 Å². The van der Waals surface area contributed by atoms with Gasteiger partial charge in [0.15, 0.2) is 0 Å². The highest BCUT2D eigenvalue weighted by Gasteiger charge is 2.28. The van der Waals surface area contributed by atoms with Crippen LogP contribution in [-0.4, -0.2) is 72.7 Å². The van der Waals surface area contributed by atoms with Crippen molar-refractivity contribution in [3.05, 3.63) is 0 Å². The number of nitrogens with zero attached hydrogens (tertiary/aromatic N) is 2. The van der Waals surface area contributed by atoms with Crippen LogP contribution in [0.4, 0.5) is 0 Å². The minimum absolute atomic E-state index is 0.00592. The van der Waals surface area contributed by atoms with Gasteiger partial charge in [0.25, 0.3) is 0 Å². The van der Waals surface area contributed by atoms with Gasteiger partial charge in [-0.25, -0.2) is 0 Å². The summed E-state index contributed by atoms with van der Waals surface area (Å²) in [6.07, 6.45) is 0.860. The van der Waals surface area contributed by atoms with Crippen molar-refractivity contribution in [2.75, 3.05) is 46.0 Å². The van der Waals surface area contributed by atoms with E-state index in [0.717, 1.165) is 6.42 Å². The van der Waals surface area contributed by atoms with Gasteiger partial charge in [0.2, 0.25) is 11.8 Å². The molecule has 6 nitrogen and oxygen atoms in total. The van der Waals surface area contributed by atoms with Crippen molar-refractivity contribution in [2.45, 2.75) is 13.3 Å². The summed E-state index contributed by atoms with van der Waals surface area (Å²) in [7, 11) is 0. The van der Waals surface area contributed by atoms with Gasteiger partial charge >= 0.3 is 0 Å². The highest BCUT2D eigenvalue weighted by atomic mass is 16.5. The summed E-state index contributed by atoms with van der Waals surface area (Å²) in [4.78, 5) is 26.5. The maximum atomic E-state index is 11.7. The van der Waals surface area contributed by atoms with Gasteiger partial charge in [-0.15, -0.1) is 0 Å². The van der Waals surface area contributed by atoms with Gasteiger partial charge in [0, 0.05) is 13.1 Å². The Balaban J connectivity index is 2.33. The molecule has 0 saturated carbocycles. The second-order valence-electron chi connectivity index (χ2n) is 3.97. The number of hydrogen-bond donors (Lipinski definition) is 1. The molecule has 1 rings (SSSR count). The molecule has 0 radical (unpaired) electrons. The largest absolute Gasteiger partial charge is 0.394 e. The summed E-state index contributed by atoms with van der Waals surface area (Å²) in [6.45, 7) is 3.92. The smallest absolute Gasteiger partial charge is 0.242 e. The molecule has 0 aromatic rings. The SMILES string of the molecule is CCCN1CC(=O)N(CCOCCO)CC1=O. The number of rotatable bonds is 7. The fourth-order valence-electron chi connectivity index (χ4n) is 1.72. The number of aliphatic hydroxyl groups excluding tert-OH is 1. The van der Waals surface area contributed by atoms with E-state index in [2.05, 4.69) is 0 Å². The Bertz CT molecular complexity index is 270. The van der Waals surface area contributed by atoms with Gasteiger partial charge in [-0.05, 0) is 6.42 Å².